The molecule has 76 valence electrons. The molecular formula is C10H19NO2. The van der Waals surface area contributed by atoms with E-state index in [1.54, 1.807) is 6.92 Å². The van der Waals surface area contributed by atoms with E-state index >= 15 is 0 Å². The van der Waals surface area contributed by atoms with Gasteiger partial charge in [-0.25, -0.2) is 0 Å². The minimum atomic E-state index is -0.253. The predicted octanol–water partition coefficient (Wildman–Crippen LogP) is 0.920. The second-order valence-electron chi connectivity index (χ2n) is 4.10. The minimum absolute atomic E-state index is 0.193. The third kappa shape index (κ3) is 3.77. The fraction of sp³-hybridized carbons (Fsp3) is 0.900. The molecular weight excluding hydrogens is 166 g/mol. The quantitative estimate of drug-likeness (QED) is 0.626. The van der Waals surface area contributed by atoms with Crippen LogP contribution in [-0.2, 0) is 4.79 Å². The van der Waals surface area contributed by atoms with E-state index in [0.717, 1.165) is 19.3 Å². The summed E-state index contributed by atoms with van der Waals surface area (Å²) in [5, 5.41) is 11.8. The van der Waals surface area contributed by atoms with Crippen LogP contribution in [-0.4, -0.2) is 23.7 Å². The lowest BCUT2D eigenvalue weighted by molar-refractivity contribution is -0.122. The topological polar surface area (TPSA) is 49.3 Å². The van der Waals surface area contributed by atoms with Crippen molar-refractivity contribution in [1.82, 2.24) is 5.32 Å². The summed E-state index contributed by atoms with van der Waals surface area (Å²) < 4.78 is 0. The Morgan fingerprint density at radius 1 is 1.69 bits per heavy atom. The summed E-state index contributed by atoms with van der Waals surface area (Å²) in [6.45, 7) is 4.57. The van der Waals surface area contributed by atoms with Gasteiger partial charge in [-0.1, -0.05) is 6.92 Å². The first-order valence-electron chi connectivity index (χ1n) is 5.07. The average Bonchev–Trinajstić information content (AvgIpc) is 2.75. The Balaban J connectivity index is 1.97. The molecule has 1 fully saturated rings. The first-order valence-corrected chi connectivity index (χ1v) is 5.07. The molecule has 1 aliphatic carbocycles. The van der Waals surface area contributed by atoms with E-state index in [0.29, 0.717) is 12.5 Å². The Morgan fingerprint density at radius 3 is 2.77 bits per heavy atom. The maximum Gasteiger partial charge on any atom is 0.223 e. The van der Waals surface area contributed by atoms with Crippen molar-refractivity contribution in [2.45, 2.75) is 39.2 Å². The molecule has 13 heavy (non-hydrogen) atoms. The lowest BCUT2D eigenvalue weighted by Gasteiger charge is -2.05. The predicted molar refractivity (Wildman–Crippen MR) is 51.2 cm³/mol. The summed E-state index contributed by atoms with van der Waals surface area (Å²) in [7, 11) is 0. The van der Waals surface area contributed by atoms with Gasteiger partial charge in [0, 0.05) is 12.5 Å². The lowest BCUT2D eigenvalue weighted by Crippen LogP contribution is -2.26. The molecule has 3 heteroatoms. The van der Waals surface area contributed by atoms with Gasteiger partial charge in [-0.2, -0.15) is 0 Å². The zero-order valence-corrected chi connectivity index (χ0v) is 8.42. The number of rotatable bonds is 5. The zero-order chi connectivity index (χ0) is 9.84. The fourth-order valence-electron chi connectivity index (χ4n) is 1.43. The molecule has 0 radical (unpaired) electrons. The van der Waals surface area contributed by atoms with Crippen LogP contribution in [0.5, 0.6) is 0 Å². The van der Waals surface area contributed by atoms with Crippen molar-refractivity contribution in [2.75, 3.05) is 6.54 Å². The Morgan fingerprint density at radius 2 is 2.31 bits per heavy atom. The van der Waals surface area contributed by atoms with Gasteiger partial charge < -0.3 is 10.4 Å². The second-order valence-corrected chi connectivity index (χ2v) is 4.10. The molecule has 0 heterocycles. The van der Waals surface area contributed by atoms with Gasteiger partial charge in [0.1, 0.15) is 0 Å². The average molecular weight is 185 g/mol. The summed E-state index contributed by atoms with van der Waals surface area (Å²) in [5.41, 5.74) is 0. The highest BCUT2D eigenvalue weighted by atomic mass is 16.3. The van der Waals surface area contributed by atoms with Gasteiger partial charge in [-0.3, -0.25) is 4.79 Å². The van der Waals surface area contributed by atoms with E-state index < -0.39 is 0 Å². The van der Waals surface area contributed by atoms with E-state index in [4.69, 9.17) is 5.11 Å². The molecule has 1 aliphatic rings. The standard InChI is InChI=1S/C10H19NO2/c1-7-6-9(7)10(13)11-5-3-4-8(2)12/h7-9,12H,3-6H2,1-2H3,(H,11,13). The molecule has 0 aromatic heterocycles. The van der Waals surface area contributed by atoms with Crippen molar-refractivity contribution in [2.24, 2.45) is 11.8 Å². The number of amides is 1. The number of hydrogen-bond donors (Lipinski definition) is 2. The van der Waals surface area contributed by atoms with Crippen LogP contribution >= 0.6 is 0 Å². The van der Waals surface area contributed by atoms with Gasteiger partial charge in [0.2, 0.25) is 5.91 Å². The molecule has 1 amide bonds. The monoisotopic (exact) mass is 185 g/mol. The summed E-state index contributed by atoms with van der Waals surface area (Å²) in [5.74, 6) is 1.04. The number of carbonyl (C=O) groups is 1. The van der Waals surface area contributed by atoms with E-state index in [9.17, 15) is 4.79 Å². The van der Waals surface area contributed by atoms with Crippen molar-refractivity contribution in [3.63, 3.8) is 0 Å². The molecule has 0 aliphatic heterocycles. The van der Waals surface area contributed by atoms with Gasteiger partial charge in [0.15, 0.2) is 0 Å². The highest BCUT2D eigenvalue weighted by molar-refractivity contribution is 5.81. The fourth-order valence-corrected chi connectivity index (χ4v) is 1.43. The maximum absolute atomic E-state index is 11.3. The molecule has 1 rings (SSSR count). The molecule has 0 bridgehead atoms. The zero-order valence-electron chi connectivity index (χ0n) is 8.42. The Bertz CT molecular complexity index is 180. The number of aliphatic hydroxyl groups is 1. The lowest BCUT2D eigenvalue weighted by atomic mass is 10.2. The molecule has 3 nitrogen and oxygen atoms in total. The molecule has 3 atom stereocenters. The third-order valence-electron chi connectivity index (χ3n) is 2.54. The van der Waals surface area contributed by atoms with E-state index in [1.807, 2.05) is 0 Å². The maximum atomic E-state index is 11.3. The highest BCUT2D eigenvalue weighted by Gasteiger charge is 2.38. The SMILES string of the molecule is CC(O)CCCNC(=O)C1CC1C. The van der Waals surface area contributed by atoms with Crippen LogP contribution < -0.4 is 5.32 Å². The molecule has 1 saturated carbocycles. The number of aliphatic hydroxyl groups excluding tert-OH is 1. The van der Waals surface area contributed by atoms with Crippen molar-refractivity contribution in [3.05, 3.63) is 0 Å². The molecule has 0 saturated heterocycles. The van der Waals surface area contributed by atoms with E-state index in [-0.39, 0.29) is 17.9 Å². The van der Waals surface area contributed by atoms with Crippen molar-refractivity contribution in [3.8, 4) is 0 Å². The first kappa shape index (κ1) is 10.5. The van der Waals surface area contributed by atoms with Crippen LogP contribution in [0.15, 0.2) is 0 Å². The normalized spacial score (nSPS) is 28.2. The Labute approximate surface area is 79.5 Å². The highest BCUT2D eigenvalue weighted by Crippen LogP contribution is 2.37. The second kappa shape index (κ2) is 4.61. The number of hydrogen-bond acceptors (Lipinski definition) is 2. The van der Waals surface area contributed by atoms with Crippen molar-refractivity contribution >= 4 is 5.91 Å². The Kier molecular flexibility index (Phi) is 3.72. The minimum Gasteiger partial charge on any atom is -0.393 e. The van der Waals surface area contributed by atoms with Gasteiger partial charge in [-0.15, -0.1) is 0 Å². The summed E-state index contributed by atoms with van der Waals surface area (Å²) in [6, 6.07) is 0. The molecule has 0 aromatic rings. The van der Waals surface area contributed by atoms with Gasteiger partial charge in [0.05, 0.1) is 6.10 Å². The van der Waals surface area contributed by atoms with Crippen LogP contribution in [0.2, 0.25) is 0 Å². The summed E-state index contributed by atoms with van der Waals surface area (Å²) in [4.78, 5) is 11.3. The van der Waals surface area contributed by atoms with Gasteiger partial charge in [0.25, 0.3) is 0 Å². The van der Waals surface area contributed by atoms with E-state index in [2.05, 4.69) is 12.2 Å². The van der Waals surface area contributed by atoms with Crippen LogP contribution in [0, 0.1) is 11.8 Å². The summed E-state index contributed by atoms with van der Waals surface area (Å²) >= 11 is 0. The van der Waals surface area contributed by atoms with Gasteiger partial charge >= 0.3 is 0 Å². The Hall–Kier alpha value is -0.570. The van der Waals surface area contributed by atoms with Crippen LogP contribution in [0.25, 0.3) is 0 Å². The largest absolute Gasteiger partial charge is 0.393 e. The van der Waals surface area contributed by atoms with Crippen molar-refractivity contribution in [1.29, 1.82) is 0 Å². The molecule has 3 unspecified atom stereocenters. The van der Waals surface area contributed by atoms with Crippen molar-refractivity contribution < 1.29 is 9.90 Å². The van der Waals surface area contributed by atoms with E-state index in [1.165, 1.54) is 0 Å². The van der Waals surface area contributed by atoms with Crippen LogP contribution in [0.1, 0.15) is 33.1 Å². The summed E-state index contributed by atoms with van der Waals surface area (Å²) in [6.07, 6.45) is 2.42. The number of carbonyl (C=O) groups excluding carboxylic acids is 1. The smallest absolute Gasteiger partial charge is 0.223 e. The van der Waals surface area contributed by atoms with Gasteiger partial charge in [-0.05, 0) is 32.1 Å². The first-order chi connectivity index (χ1) is 6.11. The third-order valence-corrected chi connectivity index (χ3v) is 2.54. The molecule has 0 spiro atoms. The number of nitrogens with one attached hydrogen (secondary N) is 1. The molecule has 0 aromatic carbocycles. The van der Waals surface area contributed by atoms with Crippen LogP contribution in [0.4, 0.5) is 0 Å². The van der Waals surface area contributed by atoms with Crippen LogP contribution in [0.3, 0.4) is 0 Å². The molecule has 2 N–H and O–H groups in total.